The van der Waals surface area contributed by atoms with Crippen molar-refractivity contribution < 1.29 is 28.6 Å². The highest BCUT2D eigenvalue weighted by Crippen LogP contribution is 2.39. The van der Waals surface area contributed by atoms with Crippen molar-refractivity contribution in [2.75, 3.05) is 25.1 Å². The normalized spacial score (nSPS) is 18.9. The van der Waals surface area contributed by atoms with Crippen LogP contribution in [-0.2, 0) is 21.5 Å². The van der Waals surface area contributed by atoms with E-state index in [9.17, 15) is 19.1 Å². The van der Waals surface area contributed by atoms with Gasteiger partial charge in [-0.25, -0.2) is 19.2 Å². The van der Waals surface area contributed by atoms with Gasteiger partial charge in [-0.2, -0.15) is 0 Å². The first-order valence-electron chi connectivity index (χ1n) is 13.3. The van der Waals surface area contributed by atoms with Crippen LogP contribution in [0.5, 0.6) is 5.75 Å². The van der Waals surface area contributed by atoms with E-state index in [1.54, 1.807) is 30.3 Å². The summed E-state index contributed by atoms with van der Waals surface area (Å²) >= 11 is 0. The lowest BCUT2D eigenvalue weighted by Gasteiger charge is -2.31. The third-order valence-corrected chi connectivity index (χ3v) is 7.75. The number of cyclic esters (lactones) is 1. The van der Waals surface area contributed by atoms with Gasteiger partial charge in [-0.3, -0.25) is 9.69 Å². The summed E-state index contributed by atoms with van der Waals surface area (Å²) in [5.74, 6) is -0.131. The maximum Gasteiger partial charge on any atom is 0.411 e. The number of methoxy groups -OCH3 is 1. The molecule has 3 aromatic rings. The van der Waals surface area contributed by atoms with Gasteiger partial charge in [0.1, 0.15) is 17.7 Å². The maximum atomic E-state index is 13.9. The molecule has 2 unspecified atom stereocenters. The Kier molecular flexibility index (Phi) is 7.35. The van der Waals surface area contributed by atoms with E-state index in [1.807, 2.05) is 39.0 Å². The largest absolute Gasteiger partial charge is 0.496 e. The predicted molar refractivity (Wildman–Crippen MR) is 147 cm³/mol. The van der Waals surface area contributed by atoms with Crippen LogP contribution < -0.4 is 9.64 Å². The molecule has 2 aliphatic heterocycles. The minimum absolute atomic E-state index is 0.0470. The lowest BCUT2D eigenvalue weighted by atomic mass is 9.80. The fourth-order valence-corrected chi connectivity index (χ4v) is 5.24. The van der Waals surface area contributed by atoms with Gasteiger partial charge < -0.3 is 19.5 Å². The molecule has 1 N–H and O–H groups in total. The molecule has 2 atom stereocenters. The Morgan fingerprint density at radius 1 is 1.20 bits per heavy atom. The van der Waals surface area contributed by atoms with Gasteiger partial charge in [0.2, 0.25) is 5.95 Å². The number of benzene rings is 2. The second-order valence-corrected chi connectivity index (χ2v) is 11.0. The number of hydrogen-bond donors (Lipinski definition) is 1. The lowest BCUT2D eigenvalue weighted by Crippen LogP contribution is -2.39. The van der Waals surface area contributed by atoms with Crippen molar-refractivity contribution in [2.45, 2.75) is 57.7 Å². The third-order valence-electron chi connectivity index (χ3n) is 7.75. The monoisotopic (exact) mass is 548 g/mol. The van der Waals surface area contributed by atoms with Gasteiger partial charge in [0, 0.05) is 35.8 Å². The Morgan fingerprint density at radius 3 is 2.62 bits per heavy atom. The molecule has 0 bridgehead atoms. The van der Waals surface area contributed by atoms with Gasteiger partial charge >= 0.3 is 12.1 Å². The van der Waals surface area contributed by atoms with Crippen LogP contribution in [0.25, 0.3) is 11.1 Å². The van der Waals surface area contributed by atoms with Crippen molar-refractivity contribution >= 4 is 18.0 Å². The van der Waals surface area contributed by atoms with E-state index >= 15 is 0 Å². The molecular formula is C30H33FN4O5. The SMILES string of the molecule is COc1ccc(C(C)(C)CC(=O)O)cc1-c1cnc(N2CCC2)nc1CN1C(=O)OC(c2cccc(F)c2)C1C. The van der Waals surface area contributed by atoms with Gasteiger partial charge in [0.05, 0.1) is 31.8 Å². The van der Waals surface area contributed by atoms with Crippen molar-refractivity contribution in [1.29, 1.82) is 0 Å². The Morgan fingerprint density at radius 2 is 1.98 bits per heavy atom. The molecule has 40 heavy (non-hydrogen) atoms. The third kappa shape index (κ3) is 5.30. The number of carboxylic acids is 1. The minimum atomic E-state index is -0.889. The zero-order valence-electron chi connectivity index (χ0n) is 23.1. The van der Waals surface area contributed by atoms with Gasteiger partial charge in [0.25, 0.3) is 0 Å². The summed E-state index contributed by atoms with van der Waals surface area (Å²) in [5, 5.41) is 9.46. The molecule has 2 fully saturated rings. The topological polar surface area (TPSA) is 105 Å². The highest BCUT2D eigenvalue weighted by atomic mass is 19.1. The van der Waals surface area contributed by atoms with E-state index in [4.69, 9.17) is 14.5 Å². The van der Waals surface area contributed by atoms with Gasteiger partial charge in [-0.05, 0) is 48.7 Å². The summed E-state index contributed by atoms with van der Waals surface area (Å²) in [5.41, 5.74) is 2.74. The average Bonchev–Trinajstić information content (AvgIpc) is 3.15. The molecule has 0 spiro atoms. The summed E-state index contributed by atoms with van der Waals surface area (Å²) in [6.45, 7) is 7.47. The Bertz CT molecular complexity index is 1440. The number of carbonyl (C=O) groups is 2. The molecule has 3 heterocycles. The number of nitrogens with zero attached hydrogens (tertiary/aromatic N) is 4. The summed E-state index contributed by atoms with van der Waals surface area (Å²) < 4.78 is 25.3. The van der Waals surface area contributed by atoms with E-state index < -0.39 is 29.4 Å². The van der Waals surface area contributed by atoms with Crippen LogP contribution in [0.1, 0.15) is 56.5 Å². The Hall–Kier alpha value is -4.21. The highest BCUT2D eigenvalue weighted by molar-refractivity contribution is 5.76. The number of halogens is 1. The molecule has 9 nitrogen and oxygen atoms in total. The molecule has 2 aliphatic rings. The molecule has 2 saturated heterocycles. The summed E-state index contributed by atoms with van der Waals surface area (Å²) in [6.07, 6.45) is 1.60. The molecule has 1 aromatic heterocycles. The Balaban J connectivity index is 1.55. The number of anilines is 1. The van der Waals surface area contributed by atoms with Crippen molar-refractivity contribution in [3.8, 4) is 16.9 Å². The number of aliphatic carboxylic acids is 1. The molecule has 2 aromatic carbocycles. The second kappa shape index (κ2) is 10.7. The summed E-state index contributed by atoms with van der Waals surface area (Å²) in [6, 6.07) is 11.3. The summed E-state index contributed by atoms with van der Waals surface area (Å²) in [7, 11) is 1.57. The molecule has 0 aliphatic carbocycles. The number of carboxylic acid groups (broad SMARTS) is 1. The molecular weight excluding hydrogens is 515 g/mol. The quantitative estimate of drug-likeness (QED) is 0.382. The molecule has 1 amide bonds. The van der Waals surface area contributed by atoms with Crippen LogP contribution in [0.15, 0.2) is 48.7 Å². The first-order chi connectivity index (χ1) is 19.1. The van der Waals surface area contributed by atoms with Crippen molar-refractivity contribution in [1.82, 2.24) is 14.9 Å². The first kappa shape index (κ1) is 27.4. The number of amides is 1. The van der Waals surface area contributed by atoms with E-state index in [0.29, 0.717) is 34.1 Å². The second-order valence-electron chi connectivity index (χ2n) is 11.0. The van der Waals surface area contributed by atoms with E-state index in [1.165, 1.54) is 12.1 Å². The van der Waals surface area contributed by atoms with Crippen molar-refractivity contribution in [2.24, 2.45) is 0 Å². The summed E-state index contributed by atoms with van der Waals surface area (Å²) in [4.78, 5) is 37.8. The van der Waals surface area contributed by atoms with Gasteiger partial charge in [-0.15, -0.1) is 0 Å². The highest BCUT2D eigenvalue weighted by Gasteiger charge is 2.40. The number of carbonyl (C=O) groups excluding carboxylic acids is 1. The Labute approximate surface area is 232 Å². The van der Waals surface area contributed by atoms with Crippen LogP contribution in [0.4, 0.5) is 15.1 Å². The van der Waals surface area contributed by atoms with Crippen molar-refractivity contribution in [3.63, 3.8) is 0 Å². The molecule has 5 rings (SSSR count). The van der Waals surface area contributed by atoms with Crippen LogP contribution >= 0.6 is 0 Å². The first-order valence-corrected chi connectivity index (χ1v) is 13.3. The number of ether oxygens (including phenoxy) is 2. The van der Waals surface area contributed by atoms with Crippen LogP contribution in [-0.4, -0.2) is 58.3 Å². The van der Waals surface area contributed by atoms with Gasteiger partial charge in [-0.1, -0.05) is 32.0 Å². The molecule has 210 valence electrons. The van der Waals surface area contributed by atoms with Crippen LogP contribution in [0.3, 0.4) is 0 Å². The smallest absolute Gasteiger partial charge is 0.411 e. The predicted octanol–water partition coefficient (Wildman–Crippen LogP) is 5.34. The number of rotatable bonds is 9. The minimum Gasteiger partial charge on any atom is -0.496 e. The molecule has 0 saturated carbocycles. The fourth-order valence-electron chi connectivity index (χ4n) is 5.24. The average molecular weight is 549 g/mol. The van der Waals surface area contributed by atoms with Crippen LogP contribution in [0.2, 0.25) is 0 Å². The van der Waals surface area contributed by atoms with Crippen LogP contribution in [0, 0.1) is 5.82 Å². The standard InChI is InChI=1S/C30H33FN4O5/c1-18-27(19-7-5-8-21(31)13-19)40-29(38)35(18)17-24-23(16-32-28(33-24)34-11-6-12-34)22-14-20(9-10-25(22)39-4)30(2,3)15-26(36)37/h5,7-10,13-14,16,18,27H,6,11-12,15,17H2,1-4H3,(H,36,37). The number of aromatic nitrogens is 2. The zero-order chi connectivity index (χ0) is 28.6. The zero-order valence-corrected chi connectivity index (χ0v) is 23.1. The molecule has 0 radical (unpaired) electrons. The van der Waals surface area contributed by atoms with Crippen molar-refractivity contribution in [3.05, 3.63) is 71.3 Å². The van der Waals surface area contributed by atoms with E-state index in [-0.39, 0.29) is 19.0 Å². The maximum absolute atomic E-state index is 13.9. The lowest BCUT2D eigenvalue weighted by molar-refractivity contribution is -0.138. The van der Waals surface area contributed by atoms with E-state index in [2.05, 4.69) is 9.88 Å². The number of hydrogen-bond acceptors (Lipinski definition) is 7. The van der Waals surface area contributed by atoms with E-state index in [0.717, 1.165) is 25.1 Å². The fraction of sp³-hybridized carbons (Fsp3) is 0.400. The molecule has 10 heteroatoms. The van der Waals surface area contributed by atoms with Gasteiger partial charge in [0.15, 0.2) is 0 Å².